The maximum atomic E-state index is 5.78. The molecule has 0 aliphatic rings. The normalized spacial score (nSPS) is 10.3. The molecule has 1 aromatic carbocycles. The number of pyridine rings is 1. The zero-order chi connectivity index (χ0) is 10.7. The van der Waals surface area contributed by atoms with Crippen LogP contribution in [0.1, 0.15) is 12.5 Å². The van der Waals surface area contributed by atoms with Crippen molar-refractivity contribution >= 4 is 11.6 Å². The van der Waals surface area contributed by atoms with Crippen molar-refractivity contribution in [2.75, 3.05) is 0 Å². The molecule has 0 aliphatic heterocycles. The minimum absolute atomic E-state index is 0.664. The molecule has 15 heavy (non-hydrogen) atoms. The van der Waals surface area contributed by atoms with Crippen molar-refractivity contribution in [1.82, 2.24) is 4.98 Å². The first kappa shape index (κ1) is 10.2. The molecule has 1 radical (unpaired) electrons. The van der Waals surface area contributed by atoms with Gasteiger partial charge in [-0.2, -0.15) is 0 Å². The van der Waals surface area contributed by atoms with Crippen molar-refractivity contribution in [1.29, 1.82) is 0 Å². The Kier molecular flexibility index (Phi) is 3.02. The van der Waals surface area contributed by atoms with Gasteiger partial charge < -0.3 is 0 Å². The molecule has 75 valence electrons. The van der Waals surface area contributed by atoms with Gasteiger partial charge in [0, 0.05) is 11.8 Å². The van der Waals surface area contributed by atoms with Gasteiger partial charge in [-0.15, -0.1) is 0 Å². The Morgan fingerprint density at radius 1 is 1.07 bits per heavy atom. The van der Waals surface area contributed by atoms with Crippen LogP contribution in [0.5, 0.6) is 0 Å². The van der Waals surface area contributed by atoms with E-state index < -0.39 is 0 Å². The monoisotopic (exact) mass is 216 g/mol. The Hall–Kier alpha value is -1.34. The molecule has 2 heteroatoms. The molecule has 0 bridgehead atoms. The number of rotatable bonds is 2. The highest BCUT2D eigenvalue weighted by Gasteiger charge is 1.98. The molecule has 0 fully saturated rings. The van der Waals surface area contributed by atoms with Gasteiger partial charge in [0.25, 0.3) is 0 Å². The maximum Gasteiger partial charge on any atom is 0.0703 e. The van der Waals surface area contributed by atoms with Gasteiger partial charge in [-0.05, 0) is 24.1 Å². The third kappa shape index (κ3) is 2.37. The molecule has 0 atom stereocenters. The highest BCUT2D eigenvalue weighted by atomic mass is 35.5. The van der Waals surface area contributed by atoms with Gasteiger partial charge in [-0.1, -0.05) is 42.8 Å². The number of halogens is 1. The maximum absolute atomic E-state index is 5.78. The summed E-state index contributed by atoms with van der Waals surface area (Å²) >= 11 is 5.78. The summed E-state index contributed by atoms with van der Waals surface area (Å²) in [5.74, 6) is 0. The zero-order valence-corrected chi connectivity index (χ0v) is 9.20. The van der Waals surface area contributed by atoms with E-state index in [0.717, 1.165) is 11.3 Å². The van der Waals surface area contributed by atoms with Crippen LogP contribution in [0.25, 0.3) is 11.3 Å². The SMILES string of the molecule is C[CH]c1ccc(-c2ccc(Cl)cn2)cc1. The summed E-state index contributed by atoms with van der Waals surface area (Å²) in [6.45, 7) is 2.02. The molecule has 2 rings (SSSR count). The van der Waals surface area contributed by atoms with Crippen LogP contribution in [-0.2, 0) is 0 Å². The molecule has 0 saturated carbocycles. The van der Waals surface area contributed by atoms with Crippen LogP contribution in [0.3, 0.4) is 0 Å². The molecule has 0 unspecified atom stereocenters. The second kappa shape index (κ2) is 4.45. The lowest BCUT2D eigenvalue weighted by Gasteiger charge is -2.01. The van der Waals surface area contributed by atoms with E-state index in [1.165, 1.54) is 5.56 Å². The Morgan fingerprint density at radius 3 is 2.33 bits per heavy atom. The first-order valence-electron chi connectivity index (χ1n) is 4.81. The summed E-state index contributed by atoms with van der Waals surface area (Å²) in [7, 11) is 0. The third-order valence-electron chi connectivity index (χ3n) is 2.27. The largest absolute Gasteiger partial charge is 0.255 e. The van der Waals surface area contributed by atoms with E-state index >= 15 is 0 Å². The van der Waals surface area contributed by atoms with Crippen LogP contribution in [0.2, 0.25) is 5.02 Å². The lowest BCUT2D eigenvalue weighted by atomic mass is 10.1. The Bertz CT molecular complexity index is 431. The summed E-state index contributed by atoms with van der Waals surface area (Å²) < 4.78 is 0. The van der Waals surface area contributed by atoms with Gasteiger partial charge in [0.15, 0.2) is 0 Å². The van der Waals surface area contributed by atoms with Gasteiger partial charge in [0.2, 0.25) is 0 Å². The van der Waals surface area contributed by atoms with Crippen molar-refractivity contribution in [2.24, 2.45) is 0 Å². The van der Waals surface area contributed by atoms with Gasteiger partial charge in [0.05, 0.1) is 10.7 Å². The zero-order valence-electron chi connectivity index (χ0n) is 8.44. The van der Waals surface area contributed by atoms with E-state index in [1.807, 2.05) is 19.1 Å². The fraction of sp³-hybridized carbons (Fsp3) is 0.0769. The van der Waals surface area contributed by atoms with Crippen molar-refractivity contribution in [2.45, 2.75) is 6.92 Å². The number of hydrogen-bond acceptors (Lipinski definition) is 1. The Labute approximate surface area is 94.7 Å². The summed E-state index contributed by atoms with van der Waals surface area (Å²) in [6.07, 6.45) is 3.73. The van der Waals surface area contributed by atoms with Crippen LogP contribution in [0, 0.1) is 6.42 Å². The molecule has 1 aromatic heterocycles. The van der Waals surface area contributed by atoms with Gasteiger partial charge in [-0.3, -0.25) is 4.98 Å². The standard InChI is InChI=1S/C13H11ClN/c1-2-10-3-5-11(6-4-10)13-8-7-12(14)9-15-13/h2-9H,1H3. The molecule has 0 aliphatic carbocycles. The van der Waals surface area contributed by atoms with Gasteiger partial charge in [-0.25, -0.2) is 0 Å². The summed E-state index contributed by atoms with van der Waals surface area (Å²) in [4.78, 5) is 4.26. The van der Waals surface area contributed by atoms with Crippen molar-refractivity contribution in [3.05, 3.63) is 59.6 Å². The molecule has 2 aromatic rings. The quantitative estimate of drug-likeness (QED) is 0.740. The molecule has 1 nitrogen and oxygen atoms in total. The fourth-order valence-corrected chi connectivity index (χ4v) is 1.50. The first-order chi connectivity index (χ1) is 7.29. The third-order valence-corrected chi connectivity index (χ3v) is 2.49. The lowest BCUT2D eigenvalue weighted by molar-refractivity contribution is 1.32. The lowest BCUT2D eigenvalue weighted by Crippen LogP contribution is -1.83. The number of nitrogens with zero attached hydrogens (tertiary/aromatic N) is 1. The van der Waals surface area contributed by atoms with E-state index in [-0.39, 0.29) is 0 Å². The topological polar surface area (TPSA) is 12.9 Å². The van der Waals surface area contributed by atoms with Crippen LogP contribution in [-0.4, -0.2) is 4.98 Å². The average molecular weight is 217 g/mol. The minimum Gasteiger partial charge on any atom is -0.255 e. The Morgan fingerprint density at radius 2 is 1.80 bits per heavy atom. The summed E-state index contributed by atoms with van der Waals surface area (Å²) in [5.41, 5.74) is 3.27. The molecule has 0 saturated heterocycles. The summed E-state index contributed by atoms with van der Waals surface area (Å²) in [6, 6.07) is 12.0. The van der Waals surface area contributed by atoms with E-state index in [0.29, 0.717) is 5.02 Å². The second-order valence-electron chi connectivity index (χ2n) is 3.27. The van der Waals surface area contributed by atoms with Crippen LogP contribution >= 0.6 is 11.6 Å². The van der Waals surface area contributed by atoms with E-state index in [9.17, 15) is 0 Å². The van der Waals surface area contributed by atoms with E-state index in [4.69, 9.17) is 11.6 Å². The number of benzene rings is 1. The van der Waals surface area contributed by atoms with E-state index in [2.05, 4.69) is 35.7 Å². The highest BCUT2D eigenvalue weighted by Crippen LogP contribution is 2.19. The average Bonchev–Trinajstić information content (AvgIpc) is 2.30. The van der Waals surface area contributed by atoms with Crippen molar-refractivity contribution in [3.8, 4) is 11.3 Å². The van der Waals surface area contributed by atoms with Crippen LogP contribution < -0.4 is 0 Å². The Balaban J connectivity index is 2.33. The first-order valence-corrected chi connectivity index (χ1v) is 5.19. The molecular weight excluding hydrogens is 206 g/mol. The predicted octanol–water partition coefficient (Wildman–Crippen LogP) is 3.97. The predicted molar refractivity (Wildman–Crippen MR) is 63.8 cm³/mol. The molecule has 0 amide bonds. The molecular formula is C13H11ClN. The van der Waals surface area contributed by atoms with Crippen molar-refractivity contribution in [3.63, 3.8) is 0 Å². The second-order valence-corrected chi connectivity index (χ2v) is 3.71. The smallest absolute Gasteiger partial charge is 0.0703 e. The van der Waals surface area contributed by atoms with Gasteiger partial charge in [0.1, 0.15) is 0 Å². The highest BCUT2D eigenvalue weighted by molar-refractivity contribution is 6.30. The minimum atomic E-state index is 0.664. The van der Waals surface area contributed by atoms with E-state index in [1.54, 1.807) is 6.20 Å². The van der Waals surface area contributed by atoms with Gasteiger partial charge >= 0.3 is 0 Å². The van der Waals surface area contributed by atoms with Crippen LogP contribution in [0.15, 0.2) is 42.6 Å². The fourth-order valence-electron chi connectivity index (χ4n) is 1.39. The molecule has 0 N–H and O–H groups in total. The molecule has 1 heterocycles. The summed E-state index contributed by atoms with van der Waals surface area (Å²) in [5, 5.41) is 0.664. The molecule has 0 spiro atoms. The van der Waals surface area contributed by atoms with Crippen molar-refractivity contribution < 1.29 is 0 Å². The number of aromatic nitrogens is 1. The van der Waals surface area contributed by atoms with Crippen LogP contribution in [0.4, 0.5) is 0 Å². The number of hydrogen-bond donors (Lipinski definition) is 0.